The van der Waals surface area contributed by atoms with Crippen LogP contribution in [0.2, 0.25) is 0 Å². The minimum Gasteiger partial charge on any atom is -0.459 e. The number of amidine groups is 1. The van der Waals surface area contributed by atoms with Gasteiger partial charge in [-0.1, -0.05) is 5.16 Å². The Morgan fingerprint density at radius 3 is 2.87 bits per heavy atom. The Morgan fingerprint density at radius 1 is 1.73 bits per heavy atom. The van der Waals surface area contributed by atoms with Crippen molar-refractivity contribution in [3.8, 4) is 0 Å². The monoisotopic (exact) mass is 211 g/mol. The largest absolute Gasteiger partial charge is 0.459 e. The van der Waals surface area contributed by atoms with Gasteiger partial charge in [0.25, 0.3) is 5.91 Å². The molecule has 1 aromatic rings. The third-order valence-electron chi connectivity index (χ3n) is 1.93. The van der Waals surface area contributed by atoms with Crippen LogP contribution in [0.25, 0.3) is 0 Å². The van der Waals surface area contributed by atoms with Gasteiger partial charge >= 0.3 is 0 Å². The van der Waals surface area contributed by atoms with Gasteiger partial charge in [0.05, 0.1) is 12.8 Å². The van der Waals surface area contributed by atoms with Crippen molar-refractivity contribution in [1.82, 2.24) is 4.90 Å². The van der Waals surface area contributed by atoms with Gasteiger partial charge in [0.1, 0.15) is 0 Å². The van der Waals surface area contributed by atoms with E-state index in [4.69, 9.17) is 15.4 Å². The van der Waals surface area contributed by atoms with Crippen molar-refractivity contribution in [2.24, 2.45) is 10.9 Å². The summed E-state index contributed by atoms with van der Waals surface area (Å²) in [6, 6.07) is 1.70. The average molecular weight is 211 g/mol. The maximum atomic E-state index is 11.7. The SMILES string of the molecule is Cc1ccoc1C(=O)N(C)CC(N)=NO. The Morgan fingerprint density at radius 2 is 2.40 bits per heavy atom. The molecule has 0 unspecified atom stereocenters. The van der Waals surface area contributed by atoms with E-state index in [1.165, 1.54) is 11.2 Å². The number of carbonyl (C=O) groups is 1. The quantitative estimate of drug-likeness (QED) is 0.328. The third kappa shape index (κ3) is 2.49. The fraction of sp³-hybridized carbons (Fsp3) is 0.333. The molecule has 15 heavy (non-hydrogen) atoms. The standard InChI is InChI=1S/C9H13N3O3/c1-6-3-4-15-8(6)9(13)12(2)5-7(10)11-14/h3-4,14H,5H2,1-2H3,(H2,10,11). The molecule has 1 rings (SSSR count). The fourth-order valence-electron chi connectivity index (χ4n) is 1.11. The second kappa shape index (κ2) is 4.50. The number of likely N-dealkylation sites (N-methyl/N-ethyl adjacent to an activating group) is 1. The fourth-order valence-corrected chi connectivity index (χ4v) is 1.11. The minimum absolute atomic E-state index is 0.0324. The van der Waals surface area contributed by atoms with E-state index in [9.17, 15) is 4.79 Å². The van der Waals surface area contributed by atoms with Gasteiger partial charge in [-0.2, -0.15) is 0 Å². The Bertz CT molecular complexity index is 384. The first-order valence-corrected chi connectivity index (χ1v) is 4.32. The second-order valence-electron chi connectivity index (χ2n) is 3.19. The number of nitrogens with two attached hydrogens (primary N) is 1. The Kier molecular flexibility index (Phi) is 3.33. The molecule has 0 aliphatic heterocycles. The first-order valence-electron chi connectivity index (χ1n) is 4.32. The van der Waals surface area contributed by atoms with Crippen LogP contribution in [0.1, 0.15) is 16.1 Å². The highest BCUT2D eigenvalue weighted by atomic mass is 16.4. The van der Waals surface area contributed by atoms with E-state index < -0.39 is 0 Å². The van der Waals surface area contributed by atoms with Crippen molar-refractivity contribution in [1.29, 1.82) is 0 Å². The number of carbonyl (C=O) groups excluding carboxylic acids is 1. The van der Waals surface area contributed by atoms with Gasteiger partial charge in [0.15, 0.2) is 11.6 Å². The molecule has 0 aromatic carbocycles. The summed E-state index contributed by atoms with van der Waals surface area (Å²) < 4.78 is 5.03. The summed E-state index contributed by atoms with van der Waals surface area (Å²) in [6.07, 6.45) is 1.44. The molecule has 0 aliphatic rings. The highest BCUT2D eigenvalue weighted by Gasteiger charge is 2.17. The van der Waals surface area contributed by atoms with E-state index in [0.29, 0.717) is 0 Å². The van der Waals surface area contributed by atoms with Crippen molar-refractivity contribution in [3.63, 3.8) is 0 Å². The normalized spacial score (nSPS) is 11.5. The summed E-state index contributed by atoms with van der Waals surface area (Å²) in [6.45, 7) is 1.82. The molecule has 1 amide bonds. The lowest BCUT2D eigenvalue weighted by Gasteiger charge is -2.14. The second-order valence-corrected chi connectivity index (χ2v) is 3.19. The van der Waals surface area contributed by atoms with Gasteiger partial charge in [-0.3, -0.25) is 4.79 Å². The molecule has 0 fully saturated rings. The summed E-state index contributed by atoms with van der Waals surface area (Å²) >= 11 is 0. The summed E-state index contributed by atoms with van der Waals surface area (Å²) in [5.74, 6) is -0.0672. The molecule has 1 aromatic heterocycles. The van der Waals surface area contributed by atoms with E-state index >= 15 is 0 Å². The molecule has 0 saturated carbocycles. The summed E-state index contributed by atoms with van der Waals surface area (Å²) in [7, 11) is 1.54. The van der Waals surface area contributed by atoms with Crippen LogP contribution in [0.3, 0.4) is 0 Å². The highest BCUT2D eigenvalue weighted by molar-refractivity contribution is 5.95. The van der Waals surface area contributed by atoms with Crippen LogP contribution in [-0.2, 0) is 0 Å². The molecule has 0 spiro atoms. The first-order chi connectivity index (χ1) is 7.06. The lowest BCUT2D eigenvalue weighted by Crippen LogP contribution is -2.35. The van der Waals surface area contributed by atoms with Gasteiger partial charge in [0.2, 0.25) is 0 Å². The third-order valence-corrected chi connectivity index (χ3v) is 1.93. The predicted octanol–water partition coefficient (Wildman–Crippen LogP) is 0.406. The van der Waals surface area contributed by atoms with Gasteiger partial charge in [0, 0.05) is 12.6 Å². The van der Waals surface area contributed by atoms with Crippen LogP contribution >= 0.6 is 0 Å². The van der Waals surface area contributed by atoms with Crippen molar-refractivity contribution in [3.05, 3.63) is 23.7 Å². The van der Waals surface area contributed by atoms with Crippen molar-refractivity contribution in [2.75, 3.05) is 13.6 Å². The van der Waals surface area contributed by atoms with E-state index in [1.807, 2.05) is 0 Å². The Labute approximate surface area is 87.0 Å². The number of amides is 1. The van der Waals surface area contributed by atoms with E-state index in [-0.39, 0.29) is 24.0 Å². The summed E-state index contributed by atoms with van der Waals surface area (Å²) in [5.41, 5.74) is 6.03. The first kappa shape index (κ1) is 11.1. The molecular weight excluding hydrogens is 198 g/mol. The van der Waals surface area contributed by atoms with Crippen molar-refractivity contribution >= 4 is 11.7 Å². The lowest BCUT2D eigenvalue weighted by molar-refractivity contribution is 0.0781. The zero-order valence-corrected chi connectivity index (χ0v) is 8.60. The van der Waals surface area contributed by atoms with Gasteiger partial charge in [-0.05, 0) is 13.0 Å². The van der Waals surface area contributed by atoms with Gasteiger partial charge < -0.3 is 20.3 Å². The molecular formula is C9H13N3O3. The van der Waals surface area contributed by atoms with Crippen LogP contribution < -0.4 is 5.73 Å². The molecule has 0 atom stereocenters. The summed E-state index contributed by atoms with van der Waals surface area (Å²) in [4.78, 5) is 13.0. The highest BCUT2D eigenvalue weighted by Crippen LogP contribution is 2.10. The maximum absolute atomic E-state index is 11.7. The smallest absolute Gasteiger partial charge is 0.289 e. The molecule has 6 heteroatoms. The number of oxime groups is 1. The lowest BCUT2D eigenvalue weighted by atomic mass is 10.2. The minimum atomic E-state index is -0.302. The van der Waals surface area contributed by atoms with Crippen LogP contribution in [0, 0.1) is 6.92 Å². The zero-order valence-electron chi connectivity index (χ0n) is 8.60. The van der Waals surface area contributed by atoms with Crippen LogP contribution in [0.4, 0.5) is 0 Å². The molecule has 0 saturated heterocycles. The molecule has 0 aliphatic carbocycles. The number of hydrogen-bond donors (Lipinski definition) is 2. The van der Waals surface area contributed by atoms with Crippen LogP contribution in [-0.4, -0.2) is 35.4 Å². The van der Waals surface area contributed by atoms with Crippen molar-refractivity contribution < 1.29 is 14.4 Å². The number of aryl methyl sites for hydroxylation is 1. The predicted molar refractivity (Wildman–Crippen MR) is 53.8 cm³/mol. The maximum Gasteiger partial charge on any atom is 0.289 e. The average Bonchev–Trinajstić information content (AvgIpc) is 2.63. The topological polar surface area (TPSA) is 92.1 Å². The van der Waals surface area contributed by atoms with Gasteiger partial charge in [-0.15, -0.1) is 0 Å². The van der Waals surface area contributed by atoms with Crippen LogP contribution in [0.15, 0.2) is 21.9 Å². The molecule has 6 nitrogen and oxygen atoms in total. The molecule has 3 N–H and O–H groups in total. The van der Waals surface area contributed by atoms with Crippen molar-refractivity contribution in [2.45, 2.75) is 6.92 Å². The molecule has 0 bridgehead atoms. The van der Waals surface area contributed by atoms with E-state index in [1.54, 1.807) is 20.0 Å². The van der Waals surface area contributed by atoms with Gasteiger partial charge in [-0.25, -0.2) is 0 Å². The molecule has 1 heterocycles. The number of hydrogen-bond acceptors (Lipinski definition) is 4. The summed E-state index contributed by atoms with van der Waals surface area (Å²) in [5, 5.41) is 11.1. The molecule has 0 radical (unpaired) electrons. The van der Waals surface area contributed by atoms with E-state index in [0.717, 1.165) is 5.56 Å². The zero-order chi connectivity index (χ0) is 11.4. The number of rotatable bonds is 3. The number of nitrogens with zero attached hydrogens (tertiary/aromatic N) is 2. The molecule has 82 valence electrons. The Hall–Kier alpha value is -1.98. The Balaban J connectivity index is 2.74. The van der Waals surface area contributed by atoms with E-state index in [2.05, 4.69) is 5.16 Å². The van der Waals surface area contributed by atoms with Crippen LogP contribution in [0.5, 0.6) is 0 Å². The number of furan rings is 1.